The van der Waals surface area contributed by atoms with Gasteiger partial charge in [0.05, 0.1) is 0 Å². The molecule has 0 bridgehead atoms. The molecule has 180 valence electrons. The maximum absolute atomic E-state index is 15.8. The van der Waals surface area contributed by atoms with Crippen molar-refractivity contribution in [1.29, 1.82) is 0 Å². The maximum atomic E-state index is 15.8. The van der Waals surface area contributed by atoms with E-state index in [2.05, 4.69) is 92.7 Å². The third-order valence-electron chi connectivity index (χ3n) is 8.51. The molecule has 5 aromatic carbocycles. The molecule has 2 aliphatic rings. The predicted octanol–water partition coefficient (Wildman–Crippen LogP) is 7.28. The standard InChI is InChI=1S/C36H29F/c1-22-9-3-7-13-27(22)35-23(2)15-16-31-30(35)18-17-29-28-14-8-6-12-26(28)20-33(36(29)31)32-19-24-10-4-5-11-25(24)21-34(32)37/h3-14,17-21,23,33H,15-16H2,1-2H3. The van der Waals surface area contributed by atoms with E-state index in [1.54, 1.807) is 6.07 Å². The SMILES string of the molecule is Cc1ccccc1C1=c2ccc3c(c2CCC1C)C(c1cc2ccccc2cc1F)C=c1ccccc1=3. The molecule has 0 aromatic heterocycles. The molecule has 0 saturated carbocycles. The van der Waals surface area contributed by atoms with E-state index in [1.807, 2.05) is 18.2 Å². The lowest BCUT2D eigenvalue weighted by Crippen LogP contribution is -2.28. The molecule has 0 N–H and O–H groups in total. The molecule has 5 aromatic rings. The number of rotatable bonds is 2. The van der Waals surface area contributed by atoms with Crippen molar-refractivity contribution >= 4 is 22.4 Å². The number of fused-ring (bicyclic) bond motifs is 5. The van der Waals surface area contributed by atoms with E-state index in [9.17, 15) is 0 Å². The highest BCUT2D eigenvalue weighted by atomic mass is 19.1. The van der Waals surface area contributed by atoms with E-state index in [0.717, 1.165) is 29.2 Å². The lowest BCUT2D eigenvalue weighted by atomic mass is 9.74. The predicted molar refractivity (Wildman–Crippen MR) is 151 cm³/mol. The normalized spacial score (nSPS) is 18.1. The Hall–Kier alpha value is -3.97. The fourth-order valence-electron chi connectivity index (χ4n) is 6.70. The summed E-state index contributed by atoms with van der Waals surface area (Å²) in [6, 6.07) is 33.8. The molecule has 2 aliphatic carbocycles. The van der Waals surface area contributed by atoms with Gasteiger partial charge in [-0.15, -0.1) is 0 Å². The largest absolute Gasteiger partial charge is 0.207 e. The molecule has 0 radical (unpaired) electrons. The minimum absolute atomic E-state index is 0.129. The van der Waals surface area contributed by atoms with Crippen LogP contribution < -0.4 is 10.4 Å². The van der Waals surface area contributed by atoms with Crippen molar-refractivity contribution in [2.45, 2.75) is 32.6 Å². The second kappa shape index (κ2) is 8.56. The van der Waals surface area contributed by atoms with Crippen molar-refractivity contribution in [3.05, 3.63) is 152 Å². The van der Waals surface area contributed by atoms with Gasteiger partial charge in [-0.05, 0) is 103 Å². The van der Waals surface area contributed by atoms with Gasteiger partial charge in [-0.3, -0.25) is 0 Å². The van der Waals surface area contributed by atoms with Gasteiger partial charge in [0.25, 0.3) is 0 Å². The second-order valence-corrected chi connectivity index (χ2v) is 10.7. The van der Waals surface area contributed by atoms with Crippen LogP contribution in [0.4, 0.5) is 4.39 Å². The average molecular weight is 481 g/mol. The van der Waals surface area contributed by atoms with Gasteiger partial charge in [-0.1, -0.05) is 97.9 Å². The zero-order chi connectivity index (χ0) is 25.1. The molecule has 0 saturated heterocycles. The van der Waals surface area contributed by atoms with Gasteiger partial charge >= 0.3 is 0 Å². The maximum Gasteiger partial charge on any atom is 0.127 e. The lowest BCUT2D eigenvalue weighted by Gasteiger charge is -2.29. The highest BCUT2D eigenvalue weighted by molar-refractivity contribution is 5.84. The van der Waals surface area contributed by atoms with Crippen LogP contribution >= 0.6 is 0 Å². The first-order valence-corrected chi connectivity index (χ1v) is 13.3. The molecule has 0 fully saturated rings. The summed E-state index contributed by atoms with van der Waals surface area (Å²) in [7, 11) is 0. The zero-order valence-electron chi connectivity index (χ0n) is 21.3. The van der Waals surface area contributed by atoms with E-state index in [1.165, 1.54) is 48.7 Å². The summed E-state index contributed by atoms with van der Waals surface area (Å²) in [5.74, 6) is 0.216. The number of benzene rings is 5. The van der Waals surface area contributed by atoms with Crippen molar-refractivity contribution in [1.82, 2.24) is 0 Å². The van der Waals surface area contributed by atoms with E-state index in [4.69, 9.17) is 0 Å². The van der Waals surface area contributed by atoms with Crippen LogP contribution in [0.5, 0.6) is 0 Å². The summed E-state index contributed by atoms with van der Waals surface area (Å²) in [6.07, 6.45) is 4.40. The van der Waals surface area contributed by atoms with Crippen molar-refractivity contribution in [2.75, 3.05) is 0 Å². The highest BCUT2D eigenvalue weighted by Crippen LogP contribution is 2.38. The lowest BCUT2D eigenvalue weighted by molar-refractivity contribution is 0.608. The topological polar surface area (TPSA) is 0 Å². The van der Waals surface area contributed by atoms with Gasteiger partial charge in [0, 0.05) is 5.92 Å². The van der Waals surface area contributed by atoms with Crippen LogP contribution in [-0.2, 0) is 6.42 Å². The van der Waals surface area contributed by atoms with Crippen molar-refractivity contribution < 1.29 is 4.39 Å². The Morgan fingerprint density at radius 2 is 1.43 bits per heavy atom. The molecule has 0 spiro atoms. The summed E-state index contributed by atoms with van der Waals surface area (Å²) >= 11 is 0. The van der Waals surface area contributed by atoms with E-state index in [-0.39, 0.29) is 11.7 Å². The van der Waals surface area contributed by atoms with E-state index >= 15 is 4.39 Å². The molecule has 0 aliphatic heterocycles. The Kier molecular flexibility index (Phi) is 5.15. The van der Waals surface area contributed by atoms with Crippen LogP contribution in [0, 0.1) is 29.1 Å². The first-order chi connectivity index (χ1) is 18.1. The van der Waals surface area contributed by atoms with Crippen LogP contribution in [-0.4, -0.2) is 0 Å². The Morgan fingerprint density at radius 1 is 0.730 bits per heavy atom. The Bertz CT molecular complexity index is 1930. The highest BCUT2D eigenvalue weighted by Gasteiger charge is 2.28. The van der Waals surface area contributed by atoms with Gasteiger partial charge in [0.2, 0.25) is 0 Å². The molecular formula is C36H29F. The number of hydrogen-bond donors (Lipinski definition) is 0. The third kappa shape index (κ3) is 3.49. The monoisotopic (exact) mass is 480 g/mol. The number of hydrogen-bond acceptors (Lipinski definition) is 0. The van der Waals surface area contributed by atoms with Crippen molar-refractivity contribution in [3.8, 4) is 0 Å². The van der Waals surface area contributed by atoms with Gasteiger partial charge in [-0.25, -0.2) is 4.39 Å². The van der Waals surface area contributed by atoms with Crippen LogP contribution in [0.1, 0.15) is 47.1 Å². The summed E-state index contributed by atoms with van der Waals surface area (Å²) in [4.78, 5) is 0. The Morgan fingerprint density at radius 3 is 2.27 bits per heavy atom. The van der Waals surface area contributed by atoms with Gasteiger partial charge in [-0.2, -0.15) is 0 Å². The average Bonchev–Trinajstić information content (AvgIpc) is 2.92. The summed E-state index contributed by atoms with van der Waals surface area (Å²) in [5.41, 5.74) is 7.51. The van der Waals surface area contributed by atoms with Crippen LogP contribution in [0.15, 0.2) is 97.1 Å². The molecule has 1 heteroatoms. The zero-order valence-corrected chi connectivity index (χ0v) is 21.3. The van der Waals surface area contributed by atoms with Gasteiger partial charge in [0.15, 0.2) is 0 Å². The van der Waals surface area contributed by atoms with Crippen LogP contribution in [0.25, 0.3) is 22.4 Å². The summed E-state index contributed by atoms with van der Waals surface area (Å²) in [6.45, 7) is 4.56. The van der Waals surface area contributed by atoms with Crippen molar-refractivity contribution in [3.63, 3.8) is 0 Å². The fourth-order valence-corrected chi connectivity index (χ4v) is 6.70. The van der Waals surface area contributed by atoms with Crippen molar-refractivity contribution in [2.24, 2.45) is 5.92 Å². The molecular weight excluding hydrogens is 451 g/mol. The van der Waals surface area contributed by atoms with E-state index < -0.39 is 0 Å². The molecule has 0 heterocycles. The number of aryl methyl sites for hydroxylation is 1. The molecule has 2 atom stereocenters. The quantitative estimate of drug-likeness (QED) is 0.249. The smallest absolute Gasteiger partial charge is 0.127 e. The minimum atomic E-state index is -0.129. The molecule has 7 rings (SSSR count). The summed E-state index contributed by atoms with van der Waals surface area (Å²) in [5, 5.41) is 7.03. The Labute approximate surface area is 216 Å². The van der Waals surface area contributed by atoms with Gasteiger partial charge in [0.1, 0.15) is 5.82 Å². The van der Waals surface area contributed by atoms with Gasteiger partial charge < -0.3 is 0 Å². The second-order valence-electron chi connectivity index (χ2n) is 10.7. The number of halogens is 1. The minimum Gasteiger partial charge on any atom is -0.207 e. The first kappa shape index (κ1) is 22.2. The Balaban J connectivity index is 1.62. The fraction of sp³-hybridized carbons (Fsp3) is 0.167. The molecule has 0 amide bonds. The molecule has 2 unspecified atom stereocenters. The van der Waals surface area contributed by atoms with E-state index in [0.29, 0.717) is 5.92 Å². The summed E-state index contributed by atoms with van der Waals surface area (Å²) < 4.78 is 15.8. The third-order valence-corrected chi connectivity index (χ3v) is 8.51. The first-order valence-electron chi connectivity index (χ1n) is 13.3. The molecule has 0 nitrogen and oxygen atoms in total. The molecule has 37 heavy (non-hydrogen) atoms. The van der Waals surface area contributed by atoms with Crippen LogP contribution in [0.2, 0.25) is 0 Å². The van der Waals surface area contributed by atoms with Crippen LogP contribution in [0.3, 0.4) is 0 Å².